The van der Waals surface area contributed by atoms with Crippen LogP contribution in [0, 0.1) is 11.6 Å². The molecule has 1 amide bonds. The summed E-state index contributed by atoms with van der Waals surface area (Å²) in [6, 6.07) is 2.73. The summed E-state index contributed by atoms with van der Waals surface area (Å²) in [6.45, 7) is 5.23. The van der Waals surface area contributed by atoms with E-state index in [0.717, 1.165) is 6.07 Å². The van der Waals surface area contributed by atoms with Crippen LogP contribution in [0.3, 0.4) is 0 Å². The zero-order valence-electron chi connectivity index (χ0n) is 14.3. The highest BCUT2D eigenvalue weighted by molar-refractivity contribution is 9.10. The van der Waals surface area contributed by atoms with Crippen LogP contribution in [-0.2, 0) is 11.2 Å². The molecule has 7 heteroatoms. The second-order valence-corrected chi connectivity index (χ2v) is 7.82. The van der Waals surface area contributed by atoms with Crippen LogP contribution in [0.5, 0.6) is 0 Å². The molecule has 2 aromatic rings. The van der Waals surface area contributed by atoms with Crippen LogP contribution < -0.4 is 4.90 Å². The van der Waals surface area contributed by atoms with Gasteiger partial charge in [-0.25, -0.2) is 13.6 Å². The van der Waals surface area contributed by atoms with E-state index in [1.807, 2.05) is 0 Å². The zero-order chi connectivity index (χ0) is 18.5. The van der Waals surface area contributed by atoms with Crippen molar-refractivity contribution in [2.24, 2.45) is 0 Å². The highest BCUT2D eigenvalue weighted by Gasteiger charge is 2.32. The number of amides is 1. The third kappa shape index (κ3) is 3.25. The fraction of sp³-hybridized carbons (Fsp3) is 0.333. The molecule has 0 saturated carbocycles. The van der Waals surface area contributed by atoms with Gasteiger partial charge in [-0.15, -0.1) is 0 Å². The van der Waals surface area contributed by atoms with E-state index in [-0.39, 0.29) is 11.3 Å². The van der Waals surface area contributed by atoms with Crippen molar-refractivity contribution in [1.29, 1.82) is 0 Å². The van der Waals surface area contributed by atoms with Gasteiger partial charge in [0.1, 0.15) is 5.60 Å². The number of benzene rings is 1. The van der Waals surface area contributed by atoms with Gasteiger partial charge >= 0.3 is 6.09 Å². The van der Waals surface area contributed by atoms with Crippen LogP contribution in [-0.4, -0.2) is 23.7 Å². The van der Waals surface area contributed by atoms with Gasteiger partial charge in [0, 0.05) is 41.3 Å². The van der Waals surface area contributed by atoms with Gasteiger partial charge in [0.2, 0.25) is 0 Å². The molecular weight excluding hydrogens is 394 g/mol. The number of nitrogens with zero attached hydrogens (tertiary/aromatic N) is 2. The Hall–Kier alpha value is -2.02. The molecule has 0 atom stereocenters. The average Bonchev–Trinajstić information content (AvgIpc) is 2.87. The molecule has 1 aromatic heterocycles. The molecular formula is C18H17BrF2N2O2. The lowest BCUT2D eigenvalue weighted by Crippen LogP contribution is -2.34. The smallest absolute Gasteiger partial charge is 0.414 e. The van der Waals surface area contributed by atoms with Gasteiger partial charge in [-0.2, -0.15) is 0 Å². The maximum absolute atomic E-state index is 14.5. The quantitative estimate of drug-likeness (QED) is 0.562. The number of fused-ring (bicyclic) bond motifs is 3. The number of aromatic nitrogens is 1. The number of hydrogen-bond donors (Lipinski definition) is 0. The van der Waals surface area contributed by atoms with E-state index in [2.05, 4.69) is 20.9 Å². The van der Waals surface area contributed by atoms with Crippen LogP contribution in [0.4, 0.5) is 19.3 Å². The minimum absolute atomic E-state index is 0.147. The monoisotopic (exact) mass is 410 g/mol. The Kier molecular flexibility index (Phi) is 4.31. The van der Waals surface area contributed by atoms with Crippen molar-refractivity contribution < 1.29 is 18.3 Å². The molecule has 0 bridgehead atoms. The molecule has 0 saturated heterocycles. The Labute approximate surface area is 152 Å². The molecule has 0 N–H and O–H groups in total. The van der Waals surface area contributed by atoms with Crippen LogP contribution in [0.25, 0.3) is 11.1 Å². The van der Waals surface area contributed by atoms with Crippen molar-refractivity contribution in [1.82, 2.24) is 4.98 Å². The highest BCUT2D eigenvalue weighted by atomic mass is 79.9. The number of anilines is 1. The third-order valence-corrected chi connectivity index (χ3v) is 4.32. The SMILES string of the molecule is CN(C(=O)OC(C)(C)C)c1cc(F)c(F)c2c1Cc1ncc(Br)cc1-2. The van der Waals surface area contributed by atoms with Crippen LogP contribution in [0.1, 0.15) is 32.0 Å². The number of rotatable bonds is 1. The second kappa shape index (κ2) is 6.05. The maximum Gasteiger partial charge on any atom is 0.414 e. The molecule has 3 rings (SSSR count). The van der Waals surface area contributed by atoms with Crippen LogP contribution >= 0.6 is 15.9 Å². The molecule has 0 fully saturated rings. The minimum atomic E-state index is -1.02. The number of hydrogen-bond acceptors (Lipinski definition) is 3. The molecule has 0 aliphatic heterocycles. The Morgan fingerprint density at radius 1 is 1.32 bits per heavy atom. The molecule has 0 spiro atoms. The number of pyridine rings is 1. The number of carbonyl (C=O) groups is 1. The van der Waals surface area contributed by atoms with Gasteiger partial charge in [-0.1, -0.05) is 0 Å². The van der Waals surface area contributed by atoms with Crippen LogP contribution in [0.2, 0.25) is 0 Å². The molecule has 1 aromatic carbocycles. The maximum atomic E-state index is 14.5. The van der Waals surface area contributed by atoms with Gasteiger partial charge < -0.3 is 4.74 Å². The minimum Gasteiger partial charge on any atom is -0.443 e. The van der Waals surface area contributed by atoms with Gasteiger partial charge in [-0.05, 0) is 48.3 Å². The summed E-state index contributed by atoms with van der Waals surface area (Å²) >= 11 is 3.30. The average molecular weight is 411 g/mol. The van der Waals surface area contributed by atoms with Gasteiger partial charge in [0.25, 0.3) is 0 Å². The number of ether oxygens (including phenoxy) is 1. The van der Waals surface area contributed by atoms with E-state index < -0.39 is 23.3 Å². The number of halogens is 3. The predicted octanol–water partition coefficient (Wildman–Crippen LogP) is 5.06. The summed E-state index contributed by atoms with van der Waals surface area (Å²) in [6.07, 6.45) is 1.29. The molecule has 1 heterocycles. The largest absolute Gasteiger partial charge is 0.443 e. The summed E-state index contributed by atoms with van der Waals surface area (Å²) in [4.78, 5) is 17.8. The van der Waals surface area contributed by atoms with Gasteiger partial charge in [-0.3, -0.25) is 9.88 Å². The summed E-state index contributed by atoms with van der Waals surface area (Å²) < 4.78 is 34.7. The van der Waals surface area contributed by atoms with E-state index in [1.54, 1.807) is 33.0 Å². The van der Waals surface area contributed by atoms with E-state index in [9.17, 15) is 13.6 Å². The van der Waals surface area contributed by atoms with Crippen molar-refractivity contribution in [2.45, 2.75) is 32.8 Å². The van der Waals surface area contributed by atoms with Crippen molar-refractivity contribution >= 4 is 27.7 Å². The molecule has 132 valence electrons. The summed E-state index contributed by atoms with van der Waals surface area (Å²) in [5, 5.41) is 0. The molecule has 0 unspecified atom stereocenters. The first-order valence-electron chi connectivity index (χ1n) is 7.71. The Morgan fingerprint density at radius 2 is 2.00 bits per heavy atom. The Balaban J connectivity index is 2.11. The van der Waals surface area contributed by atoms with E-state index in [4.69, 9.17) is 4.74 Å². The normalized spacial score (nSPS) is 12.6. The lowest BCUT2D eigenvalue weighted by Gasteiger charge is -2.26. The fourth-order valence-corrected chi connectivity index (χ4v) is 3.16. The Morgan fingerprint density at radius 3 is 2.64 bits per heavy atom. The Bertz CT molecular complexity index is 878. The molecule has 0 radical (unpaired) electrons. The summed E-state index contributed by atoms with van der Waals surface area (Å²) in [7, 11) is 1.48. The van der Waals surface area contributed by atoms with Crippen molar-refractivity contribution in [2.75, 3.05) is 11.9 Å². The molecule has 25 heavy (non-hydrogen) atoms. The first-order chi connectivity index (χ1) is 11.6. The molecule has 4 nitrogen and oxygen atoms in total. The van der Waals surface area contributed by atoms with Crippen molar-refractivity contribution in [3.63, 3.8) is 0 Å². The fourth-order valence-electron chi connectivity index (χ4n) is 2.83. The lowest BCUT2D eigenvalue weighted by atomic mass is 10.0. The van der Waals surface area contributed by atoms with Crippen LogP contribution in [0.15, 0.2) is 22.8 Å². The number of carbonyl (C=O) groups excluding carboxylic acids is 1. The second-order valence-electron chi connectivity index (χ2n) is 6.91. The zero-order valence-corrected chi connectivity index (χ0v) is 15.9. The molecule has 1 aliphatic rings. The first-order valence-corrected chi connectivity index (χ1v) is 8.50. The molecule has 1 aliphatic carbocycles. The van der Waals surface area contributed by atoms with Gasteiger partial charge in [0.15, 0.2) is 11.6 Å². The summed E-state index contributed by atoms with van der Waals surface area (Å²) in [5.41, 5.74) is 1.42. The third-order valence-electron chi connectivity index (χ3n) is 3.88. The predicted molar refractivity (Wildman–Crippen MR) is 94.7 cm³/mol. The van der Waals surface area contributed by atoms with Crippen molar-refractivity contribution in [3.8, 4) is 11.1 Å². The van der Waals surface area contributed by atoms with E-state index in [0.29, 0.717) is 27.7 Å². The van der Waals surface area contributed by atoms with Crippen molar-refractivity contribution in [3.05, 3.63) is 45.7 Å². The highest BCUT2D eigenvalue weighted by Crippen LogP contribution is 2.44. The van der Waals surface area contributed by atoms with E-state index >= 15 is 0 Å². The van der Waals surface area contributed by atoms with Gasteiger partial charge in [0.05, 0.1) is 11.4 Å². The lowest BCUT2D eigenvalue weighted by molar-refractivity contribution is 0.0589. The summed E-state index contributed by atoms with van der Waals surface area (Å²) in [5.74, 6) is -1.95. The van der Waals surface area contributed by atoms with E-state index in [1.165, 1.54) is 11.9 Å². The topological polar surface area (TPSA) is 42.4 Å². The first kappa shape index (κ1) is 17.8. The standard InChI is InChI=1S/C18H17BrF2N2O2/c1-18(2,3)25-17(24)23(4)14-7-12(20)16(21)15-10-5-9(19)8-22-13(10)6-11(14)15/h5,7-8H,6H2,1-4H3.